The molecule has 5 nitrogen and oxygen atoms in total. The fourth-order valence-corrected chi connectivity index (χ4v) is 3.27. The van der Waals surface area contributed by atoms with Gasteiger partial charge in [-0.15, -0.1) is 11.8 Å². The molecule has 3 rings (SSSR count). The molecule has 0 fully saturated rings. The molecule has 0 saturated carbocycles. The third kappa shape index (κ3) is 6.12. The number of nitrogens with one attached hydrogen (secondary N) is 1. The first kappa shape index (κ1) is 19.5. The lowest BCUT2D eigenvalue weighted by atomic mass is 10.2. The monoisotopic (exact) mass is 401 g/mol. The van der Waals surface area contributed by atoms with Gasteiger partial charge in [0.1, 0.15) is 0 Å². The summed E-state index contributed by atoms with van der Waals surface area (Å²) in [5, 5.41) is 7.51. The summed E-state index contributed by atoms with van der Waals surface area (Å²) < 4.78 is 5.21. The van der Waals surface area contributed by atoms with Crippen molar-refractivity contribution in [3.63, 3.8) is 0 Å². The van der Waals surface area contributed by atoms with E-state index in [9.17, 15) is 4.79 Å². The number of benzene rings is 2. The quantitative estimate of drug-likeness (QED) is 0.443. The summed E-state index contributed by atoms with van der Waals surface area (Å²) in [7, 11) is 0. The second-order valence-corrected chi connectivity index (χ2v) is 7.63. The Morgan fingerprint density at radius 2 is 1.89 bits per heavy atom. The van der Waals surface area contributed by atoms with E-state index in [1.165, 1.54) is 10.5 Å². The summed E-state index contributed by atoms with van der Waals surface area (Å²) in [4.78, 5) is 17.5. The third-order valence-electron chi connectivity index (χ3n) is 3.85. The summed E-state index contributed by atoms with van der Waals surface area (Å²) in [6.45, 7) is 2.69. The van der Waals surface area contributed by atoms with Gasteiger partial charge in [0, 0.05) is 40.6 Å². The van der Waals surface area contributed by atoms with Crippen LogP contribution in [0, 0.1) is 6.92 Å². The molecule has 7 heteroatoms. The van der Waals surface area contributed by atoms with Gasteiger partial charge >= 0.3 is 0 Å². The summed E-state index contributed by atoms with van der Waals surface area (Å²) in [6.07, 6.45) is 0.731. The van der Waals surface area contributed by atoms with Crippen LogP contribution in [0.25, 0.3) is 11.4 Å². The summed E-state index contributed by atoms with van der Waals surface area (Å²) in [6, 6.07) is 15.6. The standard InChI is InChI=1S/C20H20ClN3O2S/c1-14-2-8-17(9-3-14)27-13-12-22-18(25)10-11-19-23-20(24-26-19)15-4-6-16(21)7-5-15/h2-9H,10-13H2,1H3,(H,22,25). The molecule has 1 N–H and O–H groups in total. The minimum atomic E-state index is -0.0225. The number of amides is 1. The summed E-state index contributed by atoms with van der Waals surface area (Å²) >= 11 is 7.59. The van der Waals surface area contributed by atoms with E-state index in [4.69, 9.17) is 16.1 Å². The molecule has 0 spiro atoms. The van der Waals surface area contributed by atoms with Crippen LogP contribution in [-0.4, -0.2) is 28.3 Å². The predicted octanol–water partition coefficient (Wildman–Crippen LogP) is 4.54. The Morgan fingerprint density at radius 3 is 2.63 bits per heavy atom. The molecule has 27 heavy (non-hydrogen) atoms. The number of carbonyl (C=O) groups excluding carboxylic acids is 1. The average Bonchev–Trinajstić information content (AvgIpc) is 3.14. The first-order valence-corrected chi connectivity index (χ1v) is 10.0. The Hall–Kier alpha value is -2.31. The molecular weight excluding hydrogens is 382 g/mol. The number of halogens is 1. The zero-order valence-corrected chi connectivity index (χ0v) is 16.5. The fraction of sp³-hybridized carbons (Fsp3) is 0.250. The maximum absolute atomic E-state index is 12.0. The van der Waals surface area contributed by atoms with Crippen molar-refractivity contribution in [3.8, 4) is 11.4 Å². The molecule has 0 aliphatic heterocycles. The number of hydrogen-bond acceptors (Lipinski definition) is 5. The predicted molar refractivity (Wildman–Crippen MR) is 108 cm³/mol. The number of aryl methyl sites for hydroxylation is 2. The van der Waals surface area contributed by atoms with E-state index < -0.39 is 0 Å². The van der Waals surface area contributed by atoms with E-state index in [0.717, 1.165) is 11.3 Å². The highest BCUT2D eigenvalue weighted by Crippen LogP contribution is 2.19. The Morgan fingerprint density at radius 1 is 1.15 bits per heavy atom. The van der Waals surface area contributed by atoms with Crippen LogP contribution in [0.5, 0.6) is 0 Å². The second-order valence-electron chi connectivity index (χ2n) is 6.03. The highest BCUT2D eigenvalue weighted by Gasteiger charge is 2.10. The normalized spacial score (nSPS) is 10.7. The maximum Gasteiger partial charge on any atom is 0.227 e. The number of nitrogens with zero attached hydrogens (tertiary/aromatic N) is 2. The fourth-order valence-electron chi connectivity index (χ4n) is 2.38. The number of carbonyl (C=O) groups is 1. The number of hydrogen-bond donors (Lipinski definition) is 1. The van der Waals surface area contributed by atoms with Gasteiger partial charge in [0.15, 0.2) is 0 Å². The van der Waals surface area contributed by atoms with E-state index in [0.29, 0.717) is 36.1 Å². The number of rotatable bonds is 8. The lowest BCUT2D eigenvalue weighted by Gasteiger charge is -2.04. The minimum absolute atomic E-state index is 0.0225. The Kier molecular flexibility index (Phi) is 6.90. The van der Waals surface area contributed by atoms with Gasteiger partial charge in [-0.2, -0.15) is 4.98 Å². The molecule has 0 bridgehead atoms. The van der Waals surface area contributed by atoms with Crippen molar-refractivity contribution in [3.05, 3.63) is 65.0 Å². The summed E-state index contributed by atoms with van der Waals surface area (Å²) in [5.74, 6) is 1.75. The van der Waals surface area contributed by atoms with Gasteiger partial charge in [0.05, 0.1) is 0 Å². The van der Waals surface area contributed by atoms with Crippen LogP contribution in [-0.2, 0) is 11.2 Å². The molecule has 1 heterocycles. The lowest BCUT2D eigenvalue weighted by Crippen LogP contribution is -2.25. The molecule has 0 atom stereocenters. The van der Waals surface area contributed by atoms with Crippen LogP contribution in [0.15, 0.2) is 57.9 Å². The molecule has 0 saturated heterocycles. The number of thioether (sulfide) groups is 1. The lowest BCUT2D eigenvalue weighted by molar-refractivity contribution is -0.121. The molecule has 0 unspecified atom stereocenters. The largest absolute Gasteiger partial charge is 0.355 e. The zero-order valence-electron chi connectivity index (χ0n) is 14.9. The smallest absolute Gasteiger partial charge is 0.227 e. The highest BCUT2D eigenvalue weighted by atomic mass is 35.5. The van der Waals surface area contributed by atoms with Crippen molar-refractivity contribution in [2.75, 3.05) is 12.3 Å². The second kappa shape index (κ2) is 9.58. The Bertz CT molecular complexity index is 879. The third-order valence-corrected chi connectivity index (χ3v) is 5.12. The maximum atomic E-state index is 12.0. The van der Waals surface area contributed by atoms with E-state index in [1.807, 2.05) is 12.1 Å². The average molecular weight is 402 g/mol. The molecule has 3 aromatic rings. The van der Waals surface area contributed by atoms with Crippen LogP contribution >= 0.6 is 23.4 Å². The van der Waals surface area contributed by atoms with Crippen LogP contribution < -0.4 is 5.32 Å². The van der Waals surface area contributed by atoms with E-state index in [1.54, 1.807) is 23.9 Å². The molecular formula is C20H20ClN3O2S. The van der Waals surface area contributed by atoms with Crippen molar-refractivity contribution in [1.82, 2.24) is 15.5 Å². The highest BCUT2D eigenvalue weighted by molar-refractivity contribution is 7.99. The Labute approximate surface area is 167 Å². The van der Waals surface area contributed by atoms with Crippen molar-refractivity contribution in [2.24, 2.45) is 0 Å². The Balaban J connectivity index is 1.38. The van der Waals surface area contributed by atoms with Crippen molar-refractivity contribution < 1.29 is 9.32 Å². The molecule has 2 aromatic carbocycles. The van der Waals surface area contributed by atoms with Gasteiger partial charge in [-0.25, -0.2) is 0 Å². The molecule has 140 valence electrons. The van der Waals surface area contributed by atoms with Crippen LogP contribution in [0.4, 0.5) is 0 Å². The van der Waals surface area contributed by atoms with Crippen molar-refractivity contribution in [2.45, 2.75) is 24.7 Å². The van der Waals surface area contributed by atoms with Crippen LogP contribution in [0.3, 0.4) is 0 Å². The molecule has 1 aromatic heterocycles. The van der Waals surface area contributed by atoms with Crippen molar-refractivity contribution >= 4 is 29.3 Å². The van der Waals surface area contributed by atoms with Crippen LogP contribution in [0.2, 0.25) is 5.02 Å². The van der Waals surface area contributed by atoms with Gasteiger partial charge in [0.2, 0.25) is 17.6 Å². The topological polar surface area (TPSA) is 68.0 Å². The minimum Gasteiger partial charge on any atom is -0.355 e. The molecule has 0 radical (unpaired) electrons. The van der Waals surface area contributed by atoms with Crippen LogP contribution in [0.1, 0.15) is 17.9 Å². The van der Waals surface area contributed by atoms with Gasteiger partial charge in [-0.1, -0.05) is 34.5 Å². The first-order valence-electron chi connectivity index (χ1n) is 8.65. The van der Waals surface area contributed by atoms with E-state index in [2.05, 4.69) is 46.6 Å². The van der Waals surface area contributed by atoms with E-state index >= 15 is 0 Å². The SMILES string of the molecule is Cc1ccc(SCCNC(=O)CCc2nc(-c3ccc(Cl)cc3)no2)cc1. The zero-order chi connectivity index (χ0) is 19.1. The van der Waals surface area contributed by atoms with Gasteiger partial charge in [0.25, 0.3) is 0 Å². The summed E-state index contributed by atoms with van der Waals surface area (Å²) in [5.41, 5.74) is 2.07. The van der Waals surface area contributed by atoms with E-state index in [-0.39, 0.29) is 5.91 Å². The van der Waals surface area contributed by atoms with Gasteiger partial charge in [-0.3, -0.25) is 4.79 Å². The number of aromatic nitrogens is 2. The molecule has 0 aliphatic carbocycles. The van der Waals surface area contributed by atoms with Gasteiger partial charge in [-0.05, 0) is 43.3 Å². The molecule has 0 aliphatic rings. The molecule has 1 amide bonds. The van der Waals surface area contributed by atoms with Gasteiger partial charge < -0.3 is 9.84 Å². The van der Waals surface area contributed by atoms with Crippen molar-refractivity contribution in [1.29, 1.82) is 0 Å². The first-order chi connectivity index (χ1) is 13.1.